The molecule has 1 nitrogen and oxygen atoms in total. The van der Waals surface area contributed by atoms with E-state index in [1.54, 1.807) is 0 Å². The summed E-state index contributed by atoms with van der Waals surface area (Å²) in [6, 6.07) is 10.9. The summed E-state index contributed by atoms with van der Waals surface area (Å²) in [5.74, 6) is 0. The van der Waals surface area contributed by atoms with Gasteiger partial charge in [0.05, 0.1) is 5.69 Å². The Kier molecular flexibility index (Phi) is 3.58. The van der Waals surface area contributed by atoms with Gasteiger partial charge in [0.15, 0.2) is 0 Å². The number of aryl methyl sites for hydroxylation is 3. The molecular formula is C16H19N. The van der Waals surface area contributed by atoms with Crippen molar-refractivity contribution in [2.75, 3.05) is 0 Å². The third-order valence-electron chi connectivity index (χ3n) is 3.15. The molecule has 2 aromatic rings. The second-order valence-corrected chi connectivity index (χ2v) is 4.42. The molecule has 1 aromatic heterocycles. The number of hydrogen-bond donors (Lipinski definition) is 0. The van der Waals surface area contributed by atoms with Crippen molar-refractivity contribution in [3.63, 3.8) is 0 Å². The largest absolute Gasteiger partial charge is 0.256 e. The first kappa shape index (κ1) is 11.8. The molecule has 0 amide bonds. The maximum absolute atomic E-state index is 4.49. The van der Waals surface area contributed by atoms with Crippen LogP contribution in [-0.4, -0.2) is 4.98 Å². The molecule has 17 heavy (non-hydrogen) atoms. The minimum absolute atomic E-state index is 1.05. The van der Waals surface area contributed by atoms with Crippen molar-refractivity contribution in [3.05, 3.63) is 53.2 Å². The summed E-state index contributed by atoms with van der Waals surface area (Å²) < 4.78 is 0. The summed E-state index contributed by atoms with van der Waals surface area (Å²) in [5.41, 5.74) is 6.40. The van der Waals surface area contributed by atoms with E-state index in [0.717, 1.165) is 18.5 Å². The lowest BCUT2D eigenvalue weighted by atomic mass is 9.97. The van der Waals surface area contributed by atoms with Gasteiger partial charge in [0, 0.05) is 11.8 Å². The lowest BCUT2D eigenvalue weighted by Gasteiger charge is -2.10. The first-order valence-corrected chi connectivity index (χ1v) is 6.29. The molecule has 0 bridgehead atoms. The first-order chi connectivity index (χ1) is 8.24. The summed E-state index contributed by atoms with van der Waals surface area (Å²) in [5, 5.41) is 0. The van der Waals surface area contributed by atoms with Gasteiger partial charge < -0.3 is 0 Å². The zero-order valence-electron chi connectivity index (χ0n) is 10.8. The SMILES string of the molecule is CCc1ccc(CC)c(-c2cc(C)ccn2)c1. The van der Waals surface area contributed by atoms with Crippen molar-refractivity contribution in [3.8, 4) is 11.3 Å². The van der Waals surface area contributed by atoms with Gasteiger partial charge in [-0.25, -0.2) is 0 Å². The lowest BCUT2D eigenvalue weighted by molar-refractivity contribution is 1.10. The maximum atomic E-state index is 4.49. The van der Waals surface area contributed by atoms with Crippen LogP contribution in [0.4, 0.5) is 0 Å². The van der Waals surface area contributed by atoms with Gasteiger partial charge in [0.1, 0.15) is 0 Å². The average molecular weight is 225 g/mol. The zero-order valence-corrected chi connectivity index (χ0v) is 10.8. The van der Waals surface area contributed by atoms with E-state index >= 15 is 0 Å². The predicted molar refractivity (Wildman–Crippen MR) is 73.2 cm³/mol. The maximum Gasteiger partial charge on any atom is 0.0707 e. The first-order valence-electron chi connectivity index (χ1n) is 6.29. The van der Waals surface area contributed by atoms with Crippen LogP contribution in [-0.2, 0) is 12.8 Å². The Labute approximate surface area is 104 Å². The number of pyridine rings is 1. The van der Waals surface area contributed by atoms with Gasteiger partial charge in [-0.05, 0) is 54.7 Å². The number of rotatable bonds is 3. The van der Waals surface area contributed by atoms with Crippen molar-refractivity contribution in [1.29, 1.82) is 0 Å². The number of hydrogen-bond acceptors (Lipinski definition) is 1. The van der Waals surface area contributed by atoms with Crippen molar-refractivity contribution in [2.24, 2.45) is 0 Å². The third-order valence-corrected chi connectivity index (χ3v) is 3.15. The van der Waals surface area contributed by atoms with Crippen LogP contribution in [0.2, 0.25) is 0 Å². The fourth-order valence-electron chi connectivity index (χ4n) is 2.07. The van der Waals surface area contributed by atoms with Crippen LogP contribution in [0.3, 0.4) is 0 Å². The van der Waals surface area contributed by atoms with Crippen LogP contribution < -0.4 is 0 Å². The number of aromatic nitrogens is 1. The van der Waals surface area contributed by atoms with Crippen LogP contribution in [0.1, 0.15) is 30.5 Å². The van der Waals surface area contributed by atoms with E-state index in [1.165, 1.54) is 22.3 Å². The minimum atomic E-state index is 1.05. The van der Waals surface area contributed by atoms with Gasteiger partial charge in [-0.1, -0.05) is 26.0 Å². The summed E-state index contributed by atoms with van der Waals surface area (Å²) in [4.78, 5) is 4.49. The van der Waals surface area contributed by atoms with Crippen molar-refractivity contribution in [1.82, 2.24) is 4.98 Å². The van der Waals surface area contributed by atoms with Gasteiger partial charge in [0.2, 0.25) is 0 Å². The molecule has 0 spiro atoms. The minimum Gasteiger partial charge on any atom is -0.256 e. The van der Waals surface area contributed by atoms with Crippen LogP contribution in [0.25, 0.3) is 11.3 Å². The summed E-state index contributed by atoms with van der Waals surface area (Å²) >= 11 is 0. The fraction of sp³-hybridized carbons (Fsp3) is 0.312. The van der Waals surface area contributed by atoms with Crippen LogP contribution in [0.15, 0.2) is 36.5 Å². The molecular weight excluding hydrogens is 206 g/mol. The molecule has 0 unspecified atom stereocenters. The van der Waals surface area contributed by atoms with E-state index < -0.39 is 0 Å². The Bertz CT molecular complexity index is 515. The predicted octanol–water partition coefficient (Wildman–Crippen LogP) is 4.18. The molecule has 1 heteroatoms. The van der Waals surface area contributed by atoms with Crippen LogP contribution in [0.5, 0.6) is 0 Å². The van der Waals surface area contributed by atoms with Crippen molar-refractivity contribution < 1.29 is 0 Å². The molecule has 0 saturated heterocycles. The van der Waals surface area contributed by atoms with Gasteiger partial charge in [0.25, 0.3) is 0 Å². The Morgan fingerprint density at radius 1 is 1.00 bits per heavy atom. The molecule has 0 radical (unpaired) electrons. The Morgan fingerprint density at radius 3 is 2.47 bits per heavy atom. The summed E-state index contributed by atoms with van der Waals surface area (Å²) in [7, 11) is 0. The molecule has 1 aromatic carbocycles. The van der Waals surface area contributed by atoms with E-state index in [0.29, 0.717) is 0 Å². The monoisotopic (exact) mass is 225 g/mol. The molecule has 0 aliphatic carbocycles. The number of benzene rings is 1. The number of nitrogens with zero attached hydrogens (tertiary/aromatic N) is 1. The second-order valence-electron chi connectivity index (χ2n) is 4.42. The highest BCUT2D eigenvalue weighted by molar-refractivity contribution is 5.65. The highest BCUT2D eigenvalue weighted by atomic mass is 14.7. The third kappa shape index (κ3) is 2.55. The summed E-state index contributed by atoms with van der Waals surface area (Å²) in [6.45, 7) is 6.50. The molecule has 0 aliphatic rings. The van der Waals surface area contributed by atoms with Crippen molar-refractivity contribution >= 4 is 0 Å². The zero-order chi connectivity index (χ0) is 12.3. The lowest BCUT2D eigenvalue weighted by Crippen LogP contribution is -1.93. The molecule has 0 atom stereocenters. The topological polar surface area (TPSA) is 12.9 Å². The molecule has 0 N–H and O–H groups in total. The van der Waals surface area contributed by atoms with Gasteiger partial charge in [-0.2, -0.15) is 0 Å². The van der Waals surface area contributed by atoms with E-state index in [4.69, 9.17) is 0 Å². The van der Waals surface area contributed by atoms with Gasteiger partial charge in [-0.15, -0.1) is 0 Å². The van der Waals surface area contributed by atoms with Gasteiger partial charge in [-0.3, -0.25) is 4.98 Å². The molecule has 88 valence electrons. The normalized spacial score (nSPS) is 10.5. The molecule has 2 rings (SSSR count). The van der Waals surface area contributed by atoms with E-state index in [9.17, 15) is 0 Å². The van der Waals surface area contributed by atoms with Gasteiger partial charge >= 0.3 is 0 Å². The highest BCUT2D eigenvalue weighted by Gasteiger charge is 2.06. The molecule has 0 saturated carbocycles. The van der Waals surface area contributed by atoms with Crippen LogP contribution in [0, 0.1) is 6.92 Å². The quantitative estimate of drug-likeness (QED) is 0.763. The Hall–Kier alpha value is -1.63. The fourth-order valence-corrected chi connectivity index (χ4v) is 2.07. The van der Waals surface area contributed by atoms with E-state index in [1.807, 2.05) is 12.3 Å². The molecule has 0 fully saturated rings. The second kappa shape index (κ2) is 5.13. The Morgan fingerprint density at radius 2 is 1.82 bits per heavy atom. The van der Waals surface area contributed by atoms with E-state index in [-0.39, 0.29) is 0 Å². The molecule has 0 aliphatic heterocycles. The Balaban J connectivity index is 2.56. The molecule has 1 heterocycles. The van der Waals surface area contributed by atoms with Crippen LogP contribution >= 0.6 is 0 Å². The highest BCUT2D eigenvalue weighted by Crippen LogP contribution is 2.24. The van der Waals surface area contributed by atoms with Crippen molar-refractivity contribution in [2.45, 2.75) is 33.6 Å². The average Bonchev–Trinajstić information content (AvgIpc) is 2.38. The summed E-state index contributed by atoms with van der Waals surface area (Å²) in [6.07, 6.45) is 4.01. The standard InChI is InChI=1S/C16H19N/c1-4-13-6-7-14(5-2)15(11-13)16-10-12(3)8-9-17-16/h6-11H,4-5H2,1-3H3. The van der Waals surface area contributed by atoms with E-state index in [2.05, 4.69) is 50.0 Å². The smallest absolute Gasteiger partial charge is 0.0707 e.